The standard InChI is InChI=1S/C22H24N2O4/c1-15(25)27-18-6-8-20(9-7-18)28-19-4-2-17(3-5-19)22(26)23-21-14-24-12-10-16(21)11-13-24/h2-9,16,21H,10-14H2,1H3,(H,23,26). The minimum absolute atomic E-state index is 0.0314. The van der Waals surface area contributed by atoms with E-state index >= 15 is 0 Å². The smallest absolute Gasteiger partial charge is 0.308 e. The predicted octanol–water partition coefficient (Wildman–Crippen LogP) is 3.23. The molecular weight excluding hydrogens is 356 g/mol. The summed E-state index contributed by atoms with van der Waals surface area (Å²) in [5.74, 6) is 1.95. The third kappa shape index (κ3) is 4.34. The number of carbonyl (C=O) groups is 2. The van der Waals surface area contributed by atoms with E-state index in [4.69, 9.17) is 9.47 Å². The summed E-state index contributed by atoms with van der Waals surface area (Å²) < 4.78 is 10.8. The van der Waals surface area contributed by atoms with Gasteiger partial charge in [0.15, 0.2) is 0 Å². The van der Waals surface area contributed by atoms with Crippen LogP contribution in [-0.2, 0) is 4.79 Å². The van der Waals surface area contributed by atoms with E-state index in [9.17, 15) is 9.59 Å². The zero-order chi connectivity index (χ0) is 19.5. The molecule has 0 saturated carbocycles. The summed E-state index contributed by atoms with van der Waals surface area (Å²) in [4.78, 5) is 25.9. The van der Waals surface area contributed by atoms with E-state index in [0.29, 0.717) is 28.7 Å². The number of nitrogens with zero attached hydrogens (tertiary/aromatic N) is 1. The van der Waals surface area contributed by atoms with Crippen LogP contribution in [0.15, 0.2) is 48.5 Å². The van der Waals surface area contributed by atoms with Crippen molar-refractivity contribution in [3.8, 4) is 17.2 Å². The number of ether oxygens (including phenoxy) is 2. The van der Waals surface area contributed by atoms with Crippen LogP contribution in [0.1, 0.15) is 30.1 Å². The number of fused-ring (bicyclic) bond motifs is 3. The largest absolute Gasteiger partial charge is 0.457 e. The van der Waals surface area contributed by atoms with Gasteiger partial charge in [-0.05, 0) is 80.4 Å². The van der Waals surface area contributed by atoms with Crippen molar-refractivity contribution in [2.45, 2.75) is 25.8 Å². The molecule has 0 aromatic heterocycles. The van der Waals surface area contributed by atoms with Crippen molar-refractivity contribution in [1.29, 1.82) is 0 Å². The lowest BCUT2D eigenvalue weighted by Crippen LogP contribution is -2.57. The third-order valence-electron chi connectivity index (χ3n) is 5.41. The molecule has 1 N–H and O–H groups in total. The number of piperidine rings is 3. The Balaban J connectivity index is 1.34. The molecule has 3 aliphatic rings. The predicted molar refractivity (Wildman–Crippen MR) is 105 cm³/mol. The number of carbonyl (C=O) groups excluding carboxylic acids is 2. The highest BCUT2D eigenvalue weighted by Gasteiger charge is 2.34. The van der Waals surface area contributed by atoms with Crippen LogP contribution >= 0.6 is 0 Å². The van der Waals surface area contributed by atoms with Gasteiger partial charge in [0.25, 0.3) is 5.91 Å². The van der Waals surface area contributed by atoms with E-state index in [1.165, 1.54) is 19.8 Å². The molecule has 1 amide bonds. The average Bonchev–Trinajstić information content (AvgIpc) is 2.70. The summed E-state index contributed by atoms with van der Waals surface area (Å²) >= 11 is 0. The zero-order valence-electron chi connectivity index (χ0n) is 15.9. The van der Waals surface area contributed by atoms with Gasteiger partial charge in [-0.1, -0.05) is 0 Å². The molecule has 5 rings (SSSR count). The van der Waals surface area contributed by atoms with E-state index in [-0.39, 0.29) is 17.9 Å². The first kappa shape index (κ1) is 18.5. The highest BCUT2D eigenvalue weighted by atomic mass is 16.5. The van der Waals surface area contributed by atoms with E-state index in [1.807, 2.05) is 0 Å². The Morgan fingerprint density at radius 3 is 2.04 bits per heavy atom. The second-order valence-corrected chi connectivity index (χ2v) is 7.41. The van der Waals surface area contributed by atoms with E-state index in [2.05, 4.69) is 10.2 Å². The molecule has 1 unspecified atom stereocenters. The Labute approximate surface area is 164 Å². The highest BCUT2D eigenvalue weighted by molar-refractivity contribution is 5.94. The zero-order valence-corrected chi connectivity index (χ0v) is 15.9. The molecule has 28 heavy (non-hydrogen) atoms. The topological polar surface area (TPSA) is 67.9 Å². The molecule has 0 aliphatic carbocycles. The SMILES string of the molecule is CC(=O)Oc1ccc(Oc2ccc(C(=O)NC3CN4CCC3CC4)cc2)cc1. The summed E-state index contributed by atoms with van der Waals surface area (Å²) in [5, 5.41) is 3.19. The van der Waals surface area contributed by atoms with Gasteiger partial charge in [-0.3, -0.25) is 9.59 Å². The molecule has 146 valence electrons. The number of hydrogen-bond donors (Lipinski definition) is 1. The minimum Gasteiger partial charge on any atom is -0.457 e. The van der Waals surface area contributed by atoms with E-state index < -0.39 is 0 Å². The van der Waals surface area contributed by atoms with Gasteiger partial charge in [0.2, 0.25) is 0 Å². The quantitative estimate of drug-likeness (QED) is 0.637. The van der Waals surface area contributed by atoms with Crippen molar-refractivity contribution < 1.29 is 19.1 Å². The van der Waals surface area contributed by atoms with Crippen LogP contribution in [0.2, 0.25) is 0 Å². The summed E-state index contributed by atoms with van der Waals surface area (Å²) in [6.45, 7) is 4.63. The molecule has 6 nitrogen and oxygen atoms in total. The molecule has 3 saturated heterocycles. The van der Waals surface area contributed by atoms with E-state index in [1.54, 1.807) is 48.5 Å². The van der Waals surface area contributed by atoms with Crippen LogP contribution in [0.25, 0.3) is 0 Å². The van der Waals surface area contributed by atoms with Gasteiger partial charge in [0, 0.05) is 25.1 Å². The molecule has 1 atom stereocenters. The lowest BCUT2D eigenvalue weighted by atomic mass is 9.84. The first-order valence-corrected chi connectivity index (χ1v) is 9.66. The summed E-state index contributed by atoms with van der Waals surface area (Å²) in [6, 6.07) is 14.2. The molecular formula is C22H24N2O4. The fraction of sp³-hybridized carbons (Fsp3) is 0.364. The Bertz CT molecular complexity index is 840. The molecule has 2 aromatic carbocycles. The molecule has 2 aromatic rings. The Morgan fingerprint density at radius 1 is 0.929 bits per heavy atom. The Kier molecular flexibility index (Phi) is 5.30. The van der Waals surface area contributed by atoms with Crippen molar-refractivity contribution >= 4 is 11.9 Å². The fourth-order valence-corrected chi connectivity index (χ4v) is 3.93. The van der Waals surface area contributed by atoms with Gasteiger partial charge in [0.1, 0.15) is 17.2 Å². The maximum absolute atomic E-state index is 12.6. The summed E-state index contributed by atoms with van der Waals surface area (Å²) in [5.41, 5.74) is 0.633. The van der Waals surface area contributed by atoms with Crippen molar-refractivity contribution in [1.82, 2.24) is 10.2 Å². The van der Waals surface area contributed by atoms with Crippen LogP contribution in [0.3, 0.4) is 0 Å². The molecule has 0 radical (unpaired) electrons. The first-order valence-electron chi connectivity index (χ1n) is 9.66. The van der Waals surface area contributed by atoms with Gasteiger partial charge < -0.3 is 19.7 Å². The average molecular weight is 380 g/mol. The van der Waals surface area contributed by atoms with Crippen molar-refractivity contribution in [2.75, 3.05) is 19.6 Å². The summed E-state index contributed by atoms with van der Waals surface area (Å²) in [7, 11) is 0. The van der Waals surface area contributed by atoms with Crippen LogP contribution in [-0.4, -0.2) is 42.5 Å². The number of rotatable bonds is 5. The van der Waals surface area contributed by atoms with Crippen molar-refractivity contribution in [3.05, 3.63) is 54.1 Å². The monoisotopic (exact) mass is 380 g/mol. The number of benzene rings is 2. The highest BCUT2D eigenvalue weighted by Crippen LogP contribution is 2.28. The molecule has 3 fully saturated rings. The van der Waals surface area contributed by atoms with Gasteiger partial charge in [-0.25, -0.2) is 0 Å². The van der Waals surface area contributed by atoms with Gasteiger partial charge in [-0.2, -0.15) is 0 Å². The van der Waals surface area contributed by atoms with Crippen molar-refractivity contribution in [2.24, 2.45) is 5.92 Å². The van der Waals surface area contributed by atoms with Crippen LogP contribution in [0, 0.1) is 5.92 Å². The maximum Gasteiger partial charge on any atom is 0.308 e. The second-order valence-electron chi connectivity index (χ2n) is 7.41. The van der Waals surface area contributed by atoms with Gasteiger partial charge in [0.05, 0.1) is 0 Å². The van der Waals surface area contributed by atoms with Crippen LogP contribution in [0.5, 0.6) is 17.2 Å². The van der Waals surface area contributed by atoms with Gasteiger partial charge >= 0.3 is 5.97 Å². The van der Waals surface area contributed by atoms with Crippen molar-refractivity contribution in [3.63, 3.8) is 0 Å². The lowest BCUT2D eigenvalue weighted by molar-refractivity contribution is -0.131. The number of nitrogens with one attached hydrogen (secondary N) is 1. The number of esters is 1. The molecule has 6 heteroatoms. The minimum atomic E-state index is -0.360. The second kappa shape index (κ2) is 8.02. The number of hydrogen-bond acceptors (Lipinski definition) is 5. The van der Waals surface area contributed by atoms with Crippen LogP contribution in [0.4, 0.5) is 0 Å². The number of amides is 1. The molecule has 0 spiro atoms. The van der Waals surface area contributed by atoms with E-state index in [0.717, 1.165) is 19.6 Å². The maximum atomic E-state index is 12.6. The first-order chi connectivity index (χ1) is 13.6. The normalized spacial score (nSPS) is 23.1. The molecule has 2 bridgehead atoms. The fourth-order valence-electron chi connectivity index (χ4n) is 3.93. The lowest BCUT2D eigenvalue weighted by Gasteiger charge is -2.44. The van der Waals surface area contributed by atoms with Gasteiger partial charge in [-0.15, -0.1) is 0 Å². The Morgan fingerprint density at radius 2 is 1.50 bits per heavy atom. The molecule has 3 heterocycles. The summed E-state index contributed by atoms with van der Waals surface area (Å²) in [6.07, 6.45) is 2.35. The Hall–Kier alpha value is -2.86. The molecule has 3 aliphatic heterocycles. The van der Waals surface area contributed by atoms with Crippen LogP contribution < -0.4 is 14.8 Å². The third-order valence-corrected chi connectivity index (χ3v) is 5.41.